The minimum atomic E-state index is -4.51. The van der Waals surface area contributed by atoms with Gasteiger partial charge in [0.2, 0.25) is 0 Å². The van der Waals surface area contributed by atoms with E-state index in [4.69, 9.17) is 11.6 Å². The van der Waals surface area contributed by atoms with Crippen LogP contribution in [0.25, 0.3) is 22.8 Å². The van der Waals surface area contributed by atoms with E-state index in [2.05, 4.69) is 20.3 Å². The molecule has 0 saturated carbocycles. The second-order valence-electron chi connectivity index (χ2n) is 8.08. The molecule has 0 aliphatic carbocycles. The first-order valence-corrected chi connectivity index (χ1v) is 11.0. The van der Waals surface area contributed by atoms with Gasteiger partial charge in [0.15, 0.2) is 11.5 Å². The van der Waals surface area contributed by atoms with Crippen molar-refractivity contribution in [2.24, 2.45) is 0 Å². The third kappa shape index (κ3) is 4.63. The summed E-state index contributed by atoms with van der Waals surface area (Å²) < 4.78 is 42.3. The van der Waals surface area contributed by atoms with Gasteiger partial charge in [-0.05, 0) is 32.4 Å². The number of imidazole rings is 1. The first kappa shape index (κ1) is 23.7. The predicted molar refractivity (Wildman–Crippen MR) is 122 cm³/mol. The standard InChI is InChI=1S/C23H22ClF3N6O/c1-4-32-12-20(23(25,26)27)29-22(32)15-7-5-14(6-8-15)9-19(34)17-10-18(31-30-17)21-16(24)11-28-33(21)13(2)3/h5-8,10-13H,4,9H2,1-3H3,(H,30,31). The second-order valence-corrected chi connectivity index (χ2v) is 8.48. The van der Waals surface area contributed by atoms with Gasteiger partial charge < -0.3 is 4.57 Å². The van der Waals surface area contributed by atoms with Gasteiger partial charge in [-0.3, -0.25) is 14.6 Å². The number of nitrogens with one attached hydrogen (secondary N) is 1. The maximum atomic E-state index is 13.0. The van der Waals surface area contributed by atoms with Crippen molar-refractivity contribution in [3.63, 3.8) is 0 Å². The highest BCUT2D eigenvalue weighted by atomic mass is 35.5. The summed E-state index contributed by atoms with van der Waals surface area (Å²) >= 11 is 6.26. The Kier molecular flexibility index (Phi) is 6.35. The van der Waals surface area contributed by atoms with Gasteiger partial charge in [0, 0.05) is 30.8 Å². The highest BCUT2D eigenvalue weighted by Crippen LogP contribution is 2.32. The Balaban J connectivity index is 1.52. The van der Waals surface area contributed by atoms with Crippen molar-refractivity contribution < 1.29 is 18.0 Å². The molecule has 4 aromatic rings. The van der Waals surface area contributed by atoms with E-state index in [1.165, 1.54) is 10.8 Å². The average molecular weight is 491 g/mol. The van der Waals surface area contributed by atoms with E-state index in [9.17, 15) is 18.0 Å². The van der Waals surface area contributed by atoms with Crippen LogP contribution < -0.4 is 0 Å². The van der Waals surface area contributed by atoms with Crippen molar-refractivity contribution in [1.29, 1.82) is 0 Å². The fourth-order valence-corrected chi connectivity index (χ4v) is 3.86. The summed E-state index contributed by atoms with van der Waals surface area (Å²) in [5.74, 6) is 0.0391. The summed E-state index contributed by atoms with van der Waals surface area (Å²) in [6.07, 6.45) is -1.88. The molecule has 3 heterocycles. The van der Waals surface area contributed by atoms with Crippen LogP contribution in [0.1, 0.15) is 48.6 Å². The number of aryl methyl sites for hydroxylation is 1. The van der Waals surface area contributed by atoms with Gasteiger partial charge in [-0.2, -0.15) is 23.4 Å². The predicted octanol–water partition coefficient (Wildman–Crippen LogP) is 5.84. The number of alkyl halides is 3. The number of hydrogen-bond acceptors (Lipinski definition) is 4. The summed E-state index contributed by atoms with van der Waals surface area (Å²) in [7, 11) is 0. The molecular weight excluding hydrogens is 469 g/mol. The minimum absolute atomic E-state index is 0.0624. The fourth-order valence-electron chi connectivity index (χ4n) is 3.63. The zero-order valence-corrected chi connectivity index (χ0v) is 19.4. The van der Waals surface area contributed by atoms with E-state index >= 15 is 0 Å². The summed E-state index contributed by atoms with van der Waals surface area (Å²) in [4.78, 5) is 16.6. The number of H-pyrrole nitrogens is 1. The van der Waals surface area contributed by atoms with Crippen LogP contribution in [0.2, 0.25) is 5.02 Å². The largest absolute Gasteiger partial charge is 0.434 e. The summed E-state index contributed by atoms with van der Waals surface area (Å²) in [5.41, 5.74) is 1.78. The van der Waals surface area contributed by atoms with Crippen molar-refractivity contribution >= 4 is 17.4 Å². The quantitative estimate of drug-likeness (QED) is 0.330. The van der Waals surface area contributed by atoms with E-state index in [0.29, 0.717) is 39.8 Å². The maximum absolute atomic E-state index is 13.0. The first-order valence-electron chi connectivity index (χ1n) is 10.6. The zero-order chi connectivity index (χ0) is 24.6. The molecule has 0 saturated heterocycles. The van der Waals surface area contributed by atoms with Gasteiger partial charge in [-0.15, -0.1) is 0 Å². The number of rotatable bonds is 7. The molecule has 0 radical (unpaired) electrons. The molecule has 0 spiro atoms. The molecule has 0 aliphatic rings. The number of hydrogen-bond donors (Lipinski definition) is 1. The molecule has 0 unspecified atom stereocenters. The molecule has 0 fully saturated rings. The lowest BCUT2D eigenvalue weighted by Crippen LogP contribution is -2.05. The van der Waals surface area contributed by atoms with Gasteiger partial charge in [0.25, 0.3) is 0 Å². The van der Waals surface area contributed by atoms with Gasteiger partial charge in [-0.1, -0.05) is 35.9 Å². The van der Waals surface area contributed by atoms with E-state index in [1.54, 1.807) is 41.9 Å². The molecule has 7 nitrogen and oxygen atoms in total. The van der Waals surface area contributed by atoms with Crippen LogP contribution in [0.15, 0.2) is 42.7 Å². The van der Waals surface area contributed by atoms with Crippen LogP contribution in [0.5, 0.6) is 0 Å². The van der Waals surface area contributed by atoms with Crippen LogP contribution in [-0.4, -0.2) is 35.3 Å². The number of carbonyl (C=O) groups excluding carboxylic acids is 1. The number of nitrogens with zero attached hydrogens (tertiary/aromatic N) is 5. The molecular formula is C23H22ClF3N6O. The van der Waals surface area contributed by atoms with Gasteiger partial charge in [0.1, 0.15) is 22.9 Å². The summed E-state index contributed by atoms with van der Waals surface area (Å²) in [5, 5.41) is 11.7. The molecule has 178 valence electrons. The Bertz CT molecular complexity index is 1320. The number of aromatic amines is 1. The van der Waals surface area contributed by atoms with Crippen molar-refractivity contribution in [1.82, 2.24) is 29.5 Å². The number of ketones is 1. The first-order chi connectivity index (χ1) is 16.1. The van der Waals surface area contributed by atoms with Gasteiger partial charge in [0.05, 0.1) is 11.2 Å². The van der Waals surface area contributed by atoms with Crippen molar-refractivity contribution in [3.05, 3.63) is 64.7 Å². The third-order valence-corrected chi connectivity index (χ3v) is 5.62. The van der Waals surface area contributed by atoms with E-state index < -0.39 is 11.9 Å². The van der Waals surface area contributed by atoms with E-state index in [1.807, 2.05) is 13.8 Å². The van der Waals surface area contributed by atoms with Crippen molar-refractivity contribution in [2.45, 2.75) is 46.0 Å². The molecule has 4 rings (SSSR count). The SMILES string of the molecule is CCn1cc(C(F)(F)F)nc1-c1ccc(CC(=O)c2cc(-c3c(Cl)cnn3C(C)C)n[nH]2)cc1. The number of benzene rings is 1. The van der Waals surface area contributed by atoms with E-state index in [-0.39, 0.29) is 24.1 Å². The number of aromatic nitrogens is 6. The monoisotopic (exact) mass is 490 g/mol. The molecule has 1 aromatic carbocycles. The smallest absolute Gasteiger partial charge is 0.331 e. The minimum Gasteiger partial charge on any atom is -0.331 e. The van der Waals surface area contributed by atoms with Gasteiger partial charge >= 0.3 is 6.18 Å². The Morgan fingerprint density at radius 3 is 2.53 bits per heavy atom. The molecule has 11 heteroatoms. The lowest BCUT2D eigenvalue weighted by atomic mass is 10.0. The van der Waals surface area contributed by atoms with Crippen LogP contribution in [-0.2, 0) is 19.1 Å². The number of halogens is 4. The fraction of sp³-hybridized carbons (Fsp3) is 0.304. The lowest BCUT2D eigenvalue weighted by molar-refractivity contribution is -0.140. The van der Waals surface area contributed by atoms with Gasteiger partial charge in [-0.25, -0.2) is 4.98 Å². The van der Waals surface area contributed by atoms with Crippen LogP contribution in [0.3, 0.4) is 0 Å². The molecule has 3 aromatic heterocycles. The maximum Gasteiger partial charge on any atom is 0.434 e. The highest BCUT2D eigenvalue weighted by Gasteiger charge is 2.34. The molecule has 0 aliphatic heterocycles. The lowest BCUT2D eigenvalue weighted by Gasteiger charge is -2.09. The number of carbonyl (C=O) groups is 1. The summed E-state index contributed by atoms with van der Waals surface area (Å²) in [6.45, 7) is 6.02. The van der Waals surface area contributed by atoms with Crippen molar-refractivity contribution in [2.75, 3.05) is 0 Å². The van der Waals surface area contributed by atoms with Crippen LogP contribution >= 0.6 is 11.6 Å². The zero-order valence-electron chi connectivity index (χ0n) is 18.7. The highest BCUT2D eigenvalue weighted by molar-refractivity contribution is 6.33. The summed E-state index contributed by atoms with van der Waals surface area (Å²) in [6, 6.07) is 8.43. The molecule has 0 atom stereocenters. The average Bonchev–Trinajstić information content (AvgIpc) is 3.51. The normalized spacial score (nSPS) is 12.0. The third-order valence-electron chi connectivity index (χ3n) is 5.35. The Morgan fingerprint density at radius 1 is 1.21 bits per heavy atom. The Labute approximate surface area is 198 Å². The molecule has 0 amide bonds. The Morgan fingerprint density at radius 2 is 1.91 bits per heavy atom. The molecule has 34 heavy (non-hydrogen) atoms. The van der Waals surface area contributed by atoms with Crippen molar-refractivity contribution in [3.8, 4) is 22.8 Å². The van der Waals surface area contributed by atoms with E-state index in [0.717, 1.165) is 6.20 Å². The van der Waals surface area contributed by atoms with Crippen LogP contribution in [0.4, 0.5) is 13.2 Å². The molecule has 1 N–H and O–H groups in total. The van der Waals surface area contributed by atoms with Crippen LogP contribution in [0, 0.1) is 0 Å². The topological polar surface area (TPSA) is 81.4 Å². The Hall–Kier alpha value is -3.40. The number of Topliss-reactive ketones (excluding diaryl/α,β-unsaturated/α-hetero) is 1. The second kappa shape index (κ2) is 9.09. The molecule has 0 bridgehead atoms.